The van der Waals surface area contributed by atoms with Crippen molar-refractivity contribution in [3.05, 3.63) is 11.6 Å². The van der Waals surface area contributed by atoms with Gasteiger partial charge in [0.2, 0.25) is 0 Å². The smallest absolute Gasteiger partial charge is 0.191 e. The lowest BCUT2D eigenvalue weighted by Crippen LogP contribution is -2.38. The molecule has 1 heterocycles. The van der Waals surface area contributed by atoms with E-state index in [4.69, 9.17) is 4.74 Å². The van der Waals surface area contributed by atoms with Gasteiger partial charge in [-0.1, -0.05) is 0 Å². The third kappa shape index (κ3) is 10.9. The summed E-state index contributed by atoms with van der Waals surface area (Å²) < 4.78 is 7.33. The molecule has 9 heteroatoms. The van der Waals surface area contributed by atoms with Crippen LogP contribution in [0.25, 0.3) is 0 Å². The zero-order valence-electron chi connectivity index (χ0n) is 15.9. The molecule has 2 N–H and O–H groups in total. The molecule has 1 rings (SSSR count). The predicted octanol–water partition coefficient (Wildman–Crippen LogP) is 2.35. The predicted molar refractivity (Wildman–Crippen MR) is 117 cm³/mol. The van der Waals surface area contributed by atoms with Gasteiger partial charge in [-0.25, -0.2) is 4.99 Å². The van der Waals surface area contributed by atoms with Crippen molar-refractivity contribution in [2.75, 3.05) is 38.3 Å². The minimum atomic E-state index is 0. The van der Waals surface area contributed by atoms with E-state index in [1.54, 1.807) is 0 Å². The van der Waals surface area contributed by atoms with E-state index in [2.05, 4.69) is 32.1 Å². The molecule has 0 aliphatic carbocycles. The van der Waals surface area contributed by atoms with Gasteiger partial charge >= 0.3 is 0 Å². The average Bonchev–Trinajstić information content (AvgIpc) is 2.90. The van der Waals surface area contributed by atoms with Crippen molar-refractivity contribution in [2.24, 2.45) is 12.0 Å². The van der Waals surface area contributed by atoms with Crippen LogP contribution < -0.4 is 10.6 Å². The lowest BCUT2D eigenvalue weighted by molar-refractivity contribution is 0.143. The maximum Gasteiger partial charge on any atom is 0.191 e. The summed E-state index contributed by atoms with van der Waals surface area (Å²) in [5.74, 6) is 3.76. The van der Waals surface area contributed by atoms with Crippen LogP contribution in [-0.2, 0) is 18.3 Å². The van der Waals surface area contributed by atoms with Crippen LogP contribution in [0.3, 0.4) is 0 Å². The van der Waals surface area contributed by atoms with E-state index in [1.165, 1.54) is 0 Å². The minimum Gasteiger partial charge on any atom is -0.382 e. The van der Waals surface area contributed by atoms with Crippen molar-refractivity contribution in [3.63, 3.8) is 0 Å². The number of aryl methyl sites for hydroxylation is 1. The van der Waals surface area contributed by atoms with E-state index in [-0.39, 0.29) is 24.0 Å². The van der Waals surface area contributed by atoms with Crippen molar-refractivity contribution in [2.45, 2.75) is 39.7 Å². The van der Waals surface area contributed by atoms with Gasteiger partial charge in [0.15, 0.2) is 11.8 Å². The number of aromatic nitrogens is 3. The molecule has 0 saturated carbocycles. The third-order valence-corrected chi connectivity index (χ3v) is 4.29. The highest BCUT2D eigenvalue weighted by Gasteiger charge is 2.05. The van der Waals surface area contributed by atoms with Crippen molar-refractivity contribution >= 4 is 41.7 Å². The summed E-state index contributed by atoms with van der Waals surface area (Å²) in [4.78, 5) is 4.63. The van der Waals surface area contributed by atoms with Gasteiger partial charge in [-0.05, 0) is 45.1 Å². The van der Waals surface area contributed by atoms with Crippen LogP contribution in [-0.4, -0.2) is 59.0 Å². The Morgan fingerprint density at radius 3 is 2.52 bits per heavy atom. The van der Waals surface area contributed by atoms with Gasteiger partial charge in [0.1, 0.15) is 12.4 Å². The number of halogens is 1. The number of nitrogens with one attached hydrogen (secondary N) is 2. The third-order valence-electron chi connectivity index (χ3n) is 3.59. The Morgan fingerprint density at radius 1 is 1.20 bits per heavy atom. The summed E-state index contributed by atoms with van der Waals surface area (Å²) in [5, 5.41) is 15.0. The molecule has 1 aromatic rings. The highest BCUT2D eigenvalue weighted by molar-refractivity contribution is 14.0. The van der Waals surface area contributed by atoms with Crippen molar-refractivity contribution in [1.29, 1.82) is 0 Å². The largest absolute Gasteiger partial charge is 0.382 e. The summed E-state index contributed by atoms with van der Waals surface area (Å²) in [5.41, 5.74) is 0. The van der Waals surface area contributed by atoms with Crippen molar-refractivity contribution < 1.29 is 4.74 Å². The first-order chi connectivity index (χ1) is 11.7. The number of hydrogen-bond donors (Lipinski definition) is 2. The number of nitrogens with zero attached hydrogens (tertiary/aromatic N) is 4. The number of unbranched alkanes of at least 4 members (excludes halogenated alkanes) is 1. The first-order valence-electron chi connectivity index (χ1n) is 8.62. The van der Waals surface area contributed by atoms with Crippen LogP contribution in [0, 0.1) is 6.92 Å². The van der Waals surface area contributed by atoms with Gasteiger partial charge < -0.3 is 19.9 Å². The molecule has 0 atom stereocenters. The van der Waals surface area contributed by atoms with E-state index in [0.717, 1.165) is 68.9 Å². The normalized spacial score (nSPS) is 11.3. The van der Waals surface area contributed by atoms with Gasteiger partial charge in [0.05, 0.1) is 0 Å². The van der Waals surface area contributed by atoms with Crippen LogP contribution in [0.4, 0.5) is 0 Å². The Kier molecular flexibility index (Phi) is 15.3. The second-order valence-electron chi connectivity index (χ2n) is 5.49. The first kappa shape index (κ1) is 24.5. The molecule has 0 aromatic carbocycles. The van der Waals surface area contributed by atoms with Crippen molar-refractivity contribution in [3.8, 4) is 0 Å². The van der Waals surface area contributed by atoms with Crippen LogP contribution >= 0.6 is 35.7 Å². The maximum atomic E-state index is 5.36. The summed E-state index contributed by atoms with van der Waals surface area (Å²) in [6, 6.07) is 0. The molecule has 0 aliphatic heterocycles. The summed E-state index contributed by atoms with van der Waals surface area (Å²) in [6.45, 7) is 7.91. The number of aliphatic imine (C=N–C) groups is 1. The molecule has 0 spiro atoms. The zero-order chi connectivity index (χ0) is 17.6. The second-order valence-corrected chi connectivity index (χ2v) is 6.48. The Bertz CT molecular complexity index is 483. The molecular weight excluding hydrogens is 451 g/mol. The summed E-state index contributed by atoms with van der Waals surface area (Å²) >= 11 is 1.86. The SMILES string of the molecule is CCOCCCCNC(=NCc1nnc(C)n1C)NCCCSC.I. The fourth-order valence-electron chi connectivity index (χ4n) is 2.02. The molecular formula is C16H33IN6OS. The van der Waals surface area contributed by atoms with Gasteiger partial charge in [-0.2, -0.15) is 11.8 Å². The molecule has 1 aromatic heterocycles. The standard InChI is InChI=1S/C16H32N6OS.HI/c1-5-23-11-7-6-9-17-16(18-10-8-12-24-4)19-13-15-21-20-14(2)22(15)3;/h5-13H2,1-4H3,(H2,17,18,19);1H. The number of rotatable bonds is 12. The lowest BCUT2D eigenvalue weighted by atomic mass is 10.3. The maximum absolute atomic E-state index is 5.36. The van der Waals surface area contributed by atoms with E-state index >= 15 is 0 Å². The number of hydrogen-bond acceptors (Lipinski definition) is 5. The summed E-state index contributed by atoms with van der Waals surface area (Å²) in [7, 11) is 1.97. The Balaban J connectivity index is 0.00000576. The molecule has 146 valence electrons. The molecule has 0 aliphatic rings. The van der Waals surface area contributed by atoms with E-state index < -0.39 is 0 Å². The van der Waals surface area contributed by atoms with Crippen LogP contribution in [0.2, 0.25) is 0 Å². The highest BCUT2D eigenvalue weighted by atomic mass is 127. The van der Waals surface area contributed by atoms with E-state index in [9.17, 15) is 0 Å². The number of thioether (sulfide) groups is 1. The first-order valence-corrected chi connectivity index (χ1v) is 10.0. The summed E-state index contributed by atoms with van der Waals surface area (Å²) in [6.07, 6.45) is 5.37. The van der Waals surface area contributed by atoms with E-state index in [1.807, 2.05) is 37.2 Å². The molecule has 0 radical (unpaired) electrons. The highest BCUT2D eigenvalue weighted by Crippen LogP contribution is 1.99. The lowest BCUT2D eigenvalue weighted by Gasteiger charge is -2.12. The molecule has 7 nitrogen and oxygen atoms in total. The molecule has 25 heavy (non-hydrogen) atoms. The molecule has 0 fully saturated rings. The fourth-order valence-corrected chi connectivity index (χ4v) is 2.45. The van der Waals surface area contributed by atoms with Gasteiger partial charge in [0, 0.05) is 33.4 Å². The number of ether oxygens (including phenoxy) is 1. The minimum absolute atomic E-state index is 0. The molecule has 0 bridgehead atoms. The Morgan fingerprint density at radius 2 is 1.92 bits per heavy atom. The quantitative estimate of drug-likeness (QED) is 0.205. The molecule has 0 amide bonds. The molecule has 0 unspecified atom stereocenters. The Labute approximate surface area is 173 Å². The zero-order valence-corrected chi connectivity index (χ0v) is 19.0. The van der Waals surface area contributed by atoms with Crippen LogP contribution in [0.15, 0.2) is 4.99 Å². The molecule has 0 saturated heterocycles. The number of guanidine groups is 1. The van der Waals surface area contributed by atoms with Crippen molar-refractivity contribution in [1.82, 2.24) is 25.4 Å². The fraction of sp³-hybridized carbons (Fsp3) is 0.812. The van der Waals surface area contributed by atoms with Gasteiger partial charge in [-0.15, -0.1) is 34.2 Å². The van der Waals surface area contributed by atoms with Crippen LogP contribution in [0.1, 0.15) is 37.8 Å². The van der Waals surface area contributed by atoms with Gasteiger partial charge in [0.25, 0.3) is 0 Å². The Hall–Kier alpha value is -0.550. The monoisotopic (exact) mass is 484 g/mol. The average molecular weight is 484 g/mol. The topological polar surface area (TPSA) is 76.4 Å². The second kappa shape index (κ2) is 15.7. The van der Waals surface area contributed by atoms with Crippen LogP contribution in [0.5, 0.6) is 0 Å². The van der Waals surface area contributed by atoms with Gasteiger partial charge in [-0.3, -0.25) is 0 Å². The van der Waals surface area contributed by atoms with E-state index in [0.29, 0.717) is 6.54 Å².